The van der Waals surface area contributed by atoms with Gasteiger partial charge >= 0.3 is 63.6 Å². The topological polar surface area (TPSA) is 722 Å². The van der Waals surface area contributed by atoms with Crippen LogP contribution in [-0.4, -0.2) is 321 Å². The molecule has 89 heavy (non-hydrogen) atoms. The largest absolute Gasteiger partial charge is 0.479 e. The molecule has 0 bridgehead atoms. The Labute approximate surface area is 500 Å². The van der Waals surface area contributed by atoms with Gasteiger partial charge in [-0.1, -0.05) is 15.1 Å². The summed E-state index contributed by atoms with van der Waals surface area (Å²) >= 11 is 0. The third kappa shape index (κ3) is 21.9. The lowest BCUT2D eigenvalue weighted by atomic mass is 9.79. The van der Waals surface area contributed by atoms with Crippen LogP contribution < -0.4 is 14.2 Å². The quantitative estimate of drug-likeness (QED) is 0.0162. The molecule has 5 aliphatic rings. The number of hydrogen-bond acceptors (Lipinski definition) is 38. The van der Waals surface area contributed by atoms with Crippen LogP contribution in [0.5, 0.6) is 0 Å². The number of aliphatic hydroxyl groups excluding tert-OH is 6. The molecule has 0 radical (unpaired) electrons. The van der Waals surface area contributed by atoms with Crippen molar-refractivity contribution in [1.29, 1.82) is 0 Å². The first-order valence-corrected chi connectivity index (χ1v) is 31.8. The van der Waals surface area contributed by atoms with E-state index in [1.54, 1.807) is 9.44 Å². The van der Waals surface area contributed by atoms with E-state index in [2.05, 4.69) is 34.0 Å². The van der Waals surface area contributed by atoms with Crippen LogP contribution in [0.2, 0.25) is 0 Å². The molecule has 5 aliphatic heterocycles. The van der Waals surface area contributed by atoms with Gasteiger partial charge in [-0.05, 0) is 6.42 Å². The van der Waals surface area contributed by atoms with Crippen molar-refractivity contribution in [2.75, 3.05) is 53.4 Å². The summed E-state index contributed by atoms with van der Waals surface area (Å²) in [6.07, 6.45) is -43.7. The summed E-state index contributed by atoms with van der Waals surface area (Å²) in [6, 6.07) is -6.51. The second-order valence-corrected chi connectivity index (χ2v) is 25.3. The zero-order chi connectivity index (χ0) is 66.9. The Morgan fingerprint density at radius 3 is 1.36 bits per heavy atom. The number of carboxylic acids is 2. The molecule has 10 unspecified atom stereocenters. The maximum absolute atomic E-state index is 12.8. The van der Waals surface area contributed by atoms with Crippen LogP contribution >= 0.6 is 0 Å². The summed E-state index contributed by atoms with van der Waals surface area (Å²) in [4.78, 5) is 38.7. The Hall–Kier alpha value is -2.67. The smallest absolute Gasteiger partial charge is 0.397 e. The van der Waals surface area contributed by atoms with E-state index in [1.165, 1.54) is 4.72 Å². The zero-order valence-corrected chi connectivity index (χ0v) is 48.7. The molecule has 25 atom stereocenters. The predicted molar refractivity (Wildman–Crippen MR) is 260 cm³/mol. The minimum atomic E-state index is -5.97. The molecule has 19 N–H and O–H groups in total. The number of hydrogen-bond donors (Lipinski definition) is 19. The maximum atomic E-state index is 12.8. The number of ether oxygens (including phenoxy) is 9. The third-order valence-electron chi connectivity index (χ3n) is 14.0. The van der Waals surface area contributed by atoms with E-state index >= 15 is 0 Å². The predicted octanol–water partition coefficient (Wildman–Crippen LogP) is -10.7. The summed E-state index contributed by atoms with van der Waals surface area (Å²) in [5, 5.41) is 124. The molecule has 5 saturated heterocycles. The molecular weight excluding hydrogens is 1350 g/mol. The van der Waals surface area contributed by atoms with Gasteiger partial charge in [0.25, 0.3) is 0 Å². The average molecular weight is 1420 g/mol. The molecule has 0 aromatic carbocycles. The third-order valence-corrected chi connectivity index (χ3v) is 16.6. The highest BCUT2D eigenvalue weighted by Crippen LogP contribution is 2.39. The molecule has 0 amide bonds. The minimum Gasteiger partial charge on any atom is -0.479 e. The molecule has 522 valence electrons. The normalized spacial score (nSPS) is 38.7. The summed E-state index contributed by atoms with van der Waals surface area (Å²) in [5.41, 5.74) is 0. The van der Waals surface area contributed by atoms with Gasteiger partial charge in [0.2, 0.25) is 0 Å². The molecule has 0 aliphatic carbocycles. The molecule has 0 aromatic heterocycles. The first-order valence-electron chi connectivity index (χ1n) is 24.7. The molecule has 0 aromatic rings. The van der Waals surface area contributed by atoms with Gasteiger partial charge in [-0.3, -0.25) is 22.8 Å². The molecule has 53 heteroatoms. The van der Waals surface area contributed by atoms with E-state index in [1.807, 2.05) is 0 Å². The maximum Gasteiger partial charge on any atom is 0.397 e. The number of aliphatic carboxylic acids is 2. The Morgan fingerprint density at radius 1 is 0.416 bits per heavy atom. The van der Waals surface area contributed by atoms with Crippen molar-refractivity contribution in [3.8, 4) is 0 Å². The van der Waals surface area contributed by atoms with Gasteiger partial charge in [0.1, 0.15) is 86.9 Å². The molecular formula is C36H63N3O45S5. The molecule has 5 heterocycles. The number of methoxy groups -OCH3 is 1. The van der Waals surface area contributed by atoms with Crippen molar-refractivity contribution >= 4 is 63.6 Å². The molecule has 0 saturated carbocycles. The summed E-state index contributed by atoms with van der Waals surface area (Å²) in [6.45, 7) is -7.62. The van der Waals surface area contributed by atoms with Gasteiger partial charge in [0.15, 0.2) is 24.8 Å². The minimum absolute atomic E-state index is 0.850. The Bertz CT molecular complexity index is 2870. The van der Waals surface area contributed by atoms with Crippen molar-refractivity contribution < 1.29 is 212 Å². The summed E-state index contributed by atoms with van der Waals surface area (Å²) in [5.74, 6) is -9.87. The zero-order valence-electron chi connectivity index (χ0n) is 44.6. The van der Waals surface area contributed by atoms with Gasteiger partial charge in [0, 0.05) is 24.9 Å². The van der Waals surface area contributed by atoms with Crippen LogP contribution in [0.25, 0.3) is 0 Å². The fourth-order valence-electron chi connectivity index (χ4n) is 10.3. The van der Waals surface area contributed by atoms with Crippen molar-refractivity contribution in [3.63, 3.8) is 0 Å². The van der Waals surface area contributed by atoms with Crippen molar-refractivity contribution in [1.82, 2.24) is 14.2 Å². The van der Waals surface area contributed by atoms with Crippen LogP contribution in [0, 0.1) is 17.8 Å². The standard InChI is InChI=1S/C36H63N3O45S5/c1-68-35-21(39-87(59,60)61)22(40)10(14(77-35)7-71-82-50)2-13-30(80-88(62,63)64)24(42)12(28(76-13)33(46)47)4-70-6-16-20(38-86(56,57)58)32(81-89(65,66)67)31(18(75-16)9-73-84-52)79-36-27(45)23(41)11(29(78-36)34(48)49)3-69-5-15-19(37-85(53,54)55)26(44)25(43)17(74-15)8-72-83-51/h10-32,35-45,50-52H,2-9H2,1H3,(H,46,47)(H,48,49)(H,53,54,55)(H,56,57,58)(H,59,60,61)(H,62,63,64)(H,65,66,67)/t10-,11+,12+,13+,14?,15-,16-,17?,18?,19?,20?,21?,22-,23-,24-,25-,26+,27?,28?,29?,30?,31-,32+,35+,36+/m1/s1. The van der Waals surface area contributed by atoms with Gasteiger partial charge in [-0.2, -0.15) is 56.3 Å². The van der Waals surface area contributed by atoms with Crippen LogP contribution in [0.4, 0.5) is 0 Å². The number of carbonyl (C=O) groups is 2. The number of nitrogens with one attached hydrogen (secondary N) is 3. The van der Waals surface area contributed by atoms with E-state index in [-0.39, 0.29) is 0 Å². The summed E-state index contributed by atoms with van der Waals surface area (Å²) in [7, 11) is -26.9. The number of carboxylic acid groups (broad SMARTS) is 2. The fraction of sp³-hybridized carbons (Fsp3) is 0.944. The lowest BCUT2D eigenvalue weighted by molar-refractivity contribution is -0.497. The highest BCUT2D eigenvalue weighted by Gasteiger charge is 2.58. The van der Waals surface area contributed by atoms with Gasteiger partial charge in [-0.25, -0.2) is 48.4 Å². The molecule has 5 fully saturated rings. The second-order valence-electron chi connectivity index (χ2n) is 19.7. The second kappa shape index (κ2) is 32.6. The van der Waals surface area contributed by atoms with Gasteiger partial charge in [0.05, 0.1) is 69.0 Å². The number of rotatable bonds is 34. The van der Waals surface area contributed by atoms with Crippen molar-refractivity contribution in [3.05, 3.63) is 0 Å². The number of aliphatic hydroxyl groups is 6. The highest BCUT2D eigenvalue weighted by molar-refractivity contribution is 7.84. The van der Waals surface area contributed by atoms with E-state index in [0.717, 1.165) is 7.11 Å². The molecule has 48 nitrogen and oxygen atoms in total. The molecule has 5 rings (SSSR count). The van der Waals surface area contributed by atoms with Crippen LogP contribution in [0.1, 0.15) is 6.42 Å². The van der Waals surface area contributed by atoms with Crippen molar-refractivity contribution in [2.45, 2.75) is 141 Å². The Morgan fingerprint density at radius 2 is 0.865 bits per heavy atom. The van der Waals surface area contributed by atoms with E-state index in [4.69, 9.17) is 62.6 Å². The first-order chi connectivity index (χ1) is 41.2. The van der Waals surface area contributed by atoms with Crippen LogP contribution in [0.3, 0.4) is 0 Å². The Balaban J connectivity index is 1.42. The SMILES string of the molecule is CO[C@H]1OC(COOO)[C@@H](C[C@@H]2OC(C(=O)O)[C@@H](COC[C@H]3OC(COOO)[C@@H](O[C@@H]4OC(C(=O)O)[C@@H](COC[C@H]5OC(COOO)[C@@H](O)[C@@H](O)C5NS(=O)(=O)O)[C@@H](O)C4O)[C@@H](OS(=O)(=O)O)C3NS(=O)(=O)O)[C@@H](O)C2OS(=O)(=O)O)[C@@H](O)C1NS(=O)(=O)O. The Kier molecular flexibility index (Phi) is 28.3. The highest BCUT2D eigenvalue weighted by atomic mass is 32.3. The van der Waals surface area contributed by atoms with Crippen LogP contribution in [0.15, 0.2) is 0 Å². The lowest BCUT2D eigenvalue weighted by Gasteiger charge is -2.48. The van der Waals surface area contributed by atoms with Crippen molar-refractivity contribution in [2.24, 2.45) is 17.8 Å². The molecule has 0 spiro atoms. The first kappa shape index (κ1) is 77.0. The van der Waals surface area contributed by atoms with E-state index in [9.17, 15) is 115 Å². The average Bonchev–Trinajstić information content (AvgIpc) is 2.44. The van der Waals surface area contributed by atoms with E-state index < -0.39 is 269 Å². The fourth-order valence-corrected chi connectivity index (χ4v) is 13.2. The lowest BCUT2D eigenvalue weighted by Crippen LogP contribution is -2.68. The monoisotopic (exact) mass is 1420 g/mol. The summed E-state index contributed by atoms with van der Waals surface area (Å²) < 4.78 is 234. The van der Waals surface area contributed by atoms with Gasteiger partial charge in [-0.15, -0.1) is 0 Å². The van der Waals surface area contributed by atoms with E-state index in [0.29, 0.717) is 0 Å². The van der Waals surface area contributed by atoms with Gasteiger partial charge < -0.3 is 83.5 Å². The van der Waals surface area contributed by atoms with Crippen LogP contribution in [-0.2, 0) is 142 Å².